The summed E-state index contributed by atoms with van der Waals surface area (Å²) in [6.07, 6.45) is 3.40. The van der Waals surface area contributed by atoms with E-state index in [-0.39, 0.29) is 23.9 Å². The van der Waals surface area contributed by atoms with Gasteiger partial charge < -0.3 is 20.9 Å². The first kappa shape index (κ1) is 27.2. The van der Waals surface area contributed by atoms with Crippen molar-refractivity contribution in [2.75, 3.05) is 29.6 Å². The van der Waals surface area contributed by atoms with E-state index in [1.54, 1.807) is 24.3 Å². The quantitative estimate of drug-likeness (QED) is 0.218. The average Bonchev–Trinajstić information content (AvgIpc) is 3.01. The molecule has 1 saturated carbocycles. The monoisotopic (exact) mass is 558 g/mol. The van der Waals surface area contributed by atoms with E-state index in [1.165, 1.54) is 0 Å². The zero-order chi connectivity index (χ0) is 29.1. The van der Waals surface area contributed by atoms with Gasteiger partial charge in [0, 0.05) is 42.6 Å². The van der Waals surface area contributed by atoms with Gasteiger partial charge in [-0.15, -0.1) is 0 Å². The first-order valence-electron chi connectivity index (χ1n) is 14.4. The summed E-state index contributed by atoms with van der Waals surface area (Å²) in [5.41, 5.74) is 2.34. The predicted octanol–water partition coefficient (Wildman–Crippen LogP) is 6.25. The van der Waals surface area contributed by atoms with Gasteiger partial charge in [0.05, 0.1) is 16.6 Å². The zero-order valence-corrected chi connectivity index (χ0v) is 23.8. The smallest absolute Gasteiger partial charge is 0.256 e. The Labute approximate surface area is 245 Å². The molecule has 1 heterocycles. The standard InChI is InChI=1S/C34H34N6O2/c1-40(2)31-28-15-7-8-16-30(28)38-34(39-31)36-24-20-18-23(19-21-24)35-32(41)26-13-5-6-14-27(26)33(42)37-29-17-9-11-22-10-3-4-12-25(22)29/h3-17,23-24H,18-21H2,1-2H3,(H,35,41)(H,37,42)(H,36,38,39). The fraction of sp³-hybridized carbons (Fsp3) is 0.235. The van der Waals surface area contributed by atoms with E-state index < -0.39 is 0 Å². The molecule has 42 heavy (non-hydrogen) atoms. The van der Waals surface area contributed by atoms with Crippen LogP contribution < -0.4 is 20.9 Å². The van der Waals surface area contributed by atoms with Crippen LogP contribution in [0.3, 0.4) is 0 Å². The average molecular weight is 559 g/mol. The van der Waals surface area contributed by atoms with Crippen LogP contribution in [0.5, 0.6) is 0 Å². The maximum atomic E-state index is 13.4. The number of carbonyl (C=O) groups excluding carboxylic acids is 2. The van der Waals surface area contributed by atoms with Crippen LogP contribution in [0.15, 0.2) is 91.0 Å². The van der Waals surface area contributed by atoms with Crippen molar-refractivity contribution >= 4 is 50.9 Å². The lowest BCUT2D eigenvalue weighted by molar-refractivity contribution is 0.0916. The summed E-state index contributed by atoms with van der Waals surface area (Å²) in [7, 11) is 3.97. The molecule has 1 aliphatic rings. The van der Waals surface area contributed by atoms with Gasteiger partial charge >= 0.3 is 0 Å². The Balaban J connectivity index is 1.09. The number of hydrogen-bond acceptors (Lipinski definition) is 6. The van der Waals surface area contributed by atoms with E-state index in [9.17, 15) is 9.59 Å². The van der Waals surface area contributed by atoms with Crippen LogP contribution in [0.4, 0.5) is 17.5 Å². The van der Waals surface area contributed by atoms with Crippen molar-refractivity contribution in [3.63, 3.8) is 0 Å². The second kappa shape index (κ2) is 11.9. The van der Waals surface area contributed by atoms with Gasteiger partial charge in [-0.2, -0.15) is 4.98 Å². The molecule has 1 aromatic heterocycles. The number of rotatable bonds is 7. The van der Waals surface area contributed by atoms with E-state index in [0.29, 0.717) is 22.8 Å². The Morgan fingerprint density at radius 3 is 2.07 bits per heavy atom. The summed E-state index contributed by atoms with van der Waals surface area (Å²) in [5, 5.41) is 12.7. The molecule has 0 saturated heterocycles. The molecule has 1 aliphatic carbocycles. The van der Waals surface area contributed by atoms with Crippen molar-refractivity contribution in [3.8, 4) is 0 Å². The zero-order valence-electron chi connectivity index (χ0n) is 23.8. The van der Waals surface area contributed by atoms with Crippen molar-refractivity contribution in [2.45, 2.75) is 37.8 Å². The first-order chi connectivity index (χ1) is 20.5. The molecule has 0 spiro atoms. The lowest BCUT2D eigenvalue weighted by Gasteiger charge is -2.30. The molecule has 0 aliphatic heterocycles. The Hall–Kier alpha value is -4.98. The summed E-state index contributed by atoms with van der Waals surface area (Å²) in [6.45, 7) is 0. The van der Waals surface area contributed by atoms with Crippen molar-refractivity contribution in [2.24, 2.45) is 0 Å². The number of para-hydroxylation sites is 1. The number of nitrogens with one attached hydrogen (secondary N) is 3. The van der Waals surface area contributed by atoms with Crippen LogP contribution in [-0.4, -0.2) is 48.0 Å². The molecule has 212 valence electrons. The Morgan fingerprint density at radius 2 is 1.31 bits per heavy atom. The van der Waals surface area contributed by atoms with Crippen molar-refractivity contribution in [1.29, 1.82) is 0 Å². The van der Waals surface area contributed by atoms with E-state index in [1.807, 2.05) is 85.7 Å². The molecular formula is C34H34N6O2. The lowest BCUT2D eigenvalue weighted by Crippen LogP contribution is -2.40. The number of anilines is 3. The number of amides is 2. The molecule has 0 unspecified atom stereocenters. The predicted molar refractivity (Wildman–Crippen MR) is 169 cm³/mol. The van der Waals surface area contributed by atoms with Gasteiger partial charge in [0.25, 0.3) is 11.8 Å². The summed E-state index contributed by atoms with van der Waals surface area (Å²) < 4.78 is 0. The van der Waals surface area contributed by atoms with E-state index in [4.69, 9.17) is 9.97 Å². The molecule has 6 rings (SSSR count). The Morgan fingerprint density at radius 1 is 0.690 bits per heavy atom. The highest BCUT2D eigenvalue weighted by molar-refractivity contribution is 6.14. The van der Waals surface area contributed by atoms with Gasteiger partial charge in [-0.25, -0.2) is 4.98 Å². The third-order valence-electron chi connectivity index (χ3n) is 7.86. The highest BCUT2D eigenvalue weighted by Crippen LogP contribution is 2.27. The second-order valence-electron chi connectivity index (χ2n) is 11.0. The maximum absolute atomic E-state index is 13.4. The molecule has 0 radical (unpaired) electrons. The van der Waals surface area contributed by atoms with Gasteiger partial charge in [0.15, 0.2) is 0 Å². The number of fused-ring (bicyclic) bond motifs is 2. The Bertz CT molecular complexity index is 1760. The topological polar surface area (TPSA) is 99.3 Å². The molecule has 8 nitrogen and oxygen atoms in total. The number of aromatic nitrogens is 2. The highest BCUT2D eigenvalue weighted by atomic mass is 16.2. The van der Waals surface area contributed by atoms with Gasteiger partial charge in [-0.05, 0) is 61.4 Å². The van der Waals surface area contributed by atoms with Gasteiger partial charge in [0.2, 0.25) is 5.95 Å². The summed E-state index contributed by atoms with van der Waals surface area (Å²) in [5.74, 6) is 0.962. The molecule has 3 N–H and O–H groups in total. The van der Waals surface area contributed by atoms with Gasteiger partial charge in [-0.1, -0.05) is 60.7 Å². The van der Waals surface area contributed by atoms with E-state index in [0.717, 1.165) is 53.2 Å². The minimum absolute atomic E-state index is 0.0274. The van der Waals surface area contributed by atoms with Gasteiger partial charge in [0.1, 0.15) is 5.82 Å². The number of benzene rings is 4. The third kappa shape index (κ3) is 5.74. The van der Waals surface area contributed by atoms with Crippen LogP contribution in [0, 0.1) is 0 Å². The summed E-state index contributed by atoms with van der Waals surface area (Å²) in [4.78, 5) is 38.2. The molecule has 0 bridgehead atoms. The molecule has 0 atom stereocenters. The SMILES string of the molecule is CN(C)c1nc(NC2CCC(NC(=O)c3ccccc3C(=O)Nc3cccc4ccccc34)CC2)nc2ccccc12. The van der Waals surface area contributed by atoms with E-state index >= 15 is 0 Å². The fourth-order valence-corrected chi connectivity index (χ4v) is 5.70. The second-order valence-corrected chi connectivity index (χ2v) is 11.0. The largest absolute Gasteiger partial charge is 0.362 e. The number of nitrogens with zero attached hydrogens (tertiary/aromatic N) is 3. The minimum atomic E-state index is -0.308. The minimum Gasteiger partial charge on any atom is -0.362 e. The van der Waals surface area contributed by atoms with Crippen LogP contribution in [0.1, 0.15) is 46.4 Å². The molecule has 4 aromatic carbocycles. The van der Waals surface area contributed by atoms with Crippen LogP contribution in [-0.2, 0) is 0 Å². The Kier molecular flexibility index (Phi) is 7.68. The van der Waals surface area contributed by atoms with Crippen molar-refractivity contribution in [3.05, 3.63) is 102 Å². The van der Waals surface area contributed by atoms with Crippen LogP contribution in [0.25, 0.3) is 21.7 Å². The summed E-state index contributed by atoms with van der Waals surface area (Å²) >= 11 is 0. The fourth-order valence-electron chi connectivity index (χ4n) is 5.70. The number of carbonyl (C=O) groups is 2. The van der Waals surface area contributed by atoms with E-state index in [2.05, 4.69) is 16.0 Å². The lowest BCUT2D eigenvalue weighted by atomic mass is 9.91. The first-order valence-corrected chi connectivity index (χ1v) is 14.4. The van der Waals surface area contributed by atoms with Gasteiger partial charge in [-0.3, -0.25) is 9.59 Å². The highest BCUT2D eigenvalue weighted by Gasteiger charge is 2.25. The van der Waals surface area contributed by atoms with Crippen molar-refractivity contribution in [1.82, 2.24) is 15.3 Å². The molecular weight excluding hydrogens is 524 g/mol. The van der Waals surface area contributed by atoms with Crippen molar-refractivity contribution < 1.29 is 9.59 Å². The maximum Gasteiger partial charge on any atom is 0.256 e. The number of hydrogen-bond donors (Lipinski definition) is 3. The van der Waals surface area contributed by atoms with Crippen LogP contribution in [0.2, 0.25) is 0 Å². The molecule has 5 aromatic rings. The molecule has 8 heteroatoms. The third-order valence-corrected chi connectivity index (χ3v) is 7.86. The normalized spacial score (nSPS) is 16.6. The van der Waals surface area contributed by atoms with Crippen LogP contribution >= 0.6 is 0 Å². The molecule has 1 fully saturated rings. The molecule has 2 amide bonds. The summed E-state index contributed by atoms with van der Waals surface area (Å²) in [6, 6.07) is 28.9.